The standard InChI is InChI=1S/C13H10Cl2N2O3/c1-20-10(18)4-5-17-9(6-16)7-2-3-8(14)12(15)11(7)13(17)19/h2-3,9H,4-5H2,1H3. The zero-order valence-corrected chi connectivity index (χ0v) is 12.0. The smallest absolute Gasteiger partial charge is 0.307 e. The first-order chi connectivity index (χ1) is 9.51. The molecule has 1 heterocycles. The molecule has 0 aliphatic carbocycles. The van der Waals surface area contributed by atoms with Gasteiger partial charge >= 0.3 is 5.97 Å². The Morgan fingerprint density at radius 1 is 1.50 bits per heavy atom. The SMILES string of the molecule is COC(=O)CCN1C(=O)c2c(ccc(Cl)c2Cl)C1C#N. The summed E-state index contributed by atoms with van der Waals surface area (Å²) in [5, 5.41) is 9.64. The molecule has 104 valence electrons. The van der Waals surface area contributed by atoms with Gasteiger partial charge in [0.15, 0.2) is 0 Å². The molecule has 5 nitrogen and oxygen atoms in total. The van der Waals surface area contributed by atoms with Crippen molar-refractivity contribution in [2.75, 3.05) is 13.7 Å². The van der Waals surface area contributed by atoms with Gasteiger partial charge in [0.05, 0.1) is 35.2 Å². The van der Waals surface area contributed by atoms with E-state index in [-0.39, 0.29) is 28.6 Å². The molecule has 20 heavy (non-hydrogen) atoms. The summed E-state index contributed by atoms with van der Waals surface area (Å²) in [6.45, 7) is 0.0896. The summed E-state index contributed by atoms with van der Waals surface area (Å²) < 4.78 is 4.53. The van der Waals surface area contributed by atoms with Crippen LogP contribution in [0, 0.1) is 11.3 Å². The highest BCUT2D eigenvalue weighted by atomic mass is 35.5. The highest BCUT2D eigenvalue weighted by Crippen LogP contribution is 2.40. The minimum atomic E-state index is -0.767. The fourth-order valence-corrected chi connectivity index (χ4v) is 2.53. The molecule has 0 bridgehead atoms. The van der Waals surface area contributed by atoms with Gasteiger partial charge in [-0.3, -0.25) is 9.59 Å². The molecule has 1 unspecified atom stereocenters. The van der Waals surface area contributed by atoms with E-state index < -0.39 is 17.9 Å². The van der Waals surface area contributed by atoms with Gasteiger partial charge in [-0.15, -0.1) is 0 Å². The number of hydrogen-bond acceptors (Lipinski definition) is 4. The number of benzene rings is 1. The molecular formula is C13H10Cl2N2O3. The summed E-state index contributed by atoms with van der Waals surface area (Å²) in [4.78, 5) is 24.8. The average Bonchev–Trinajstić information content (AvgIpc) is 2.72. The zero-order valence-electron chi connectivity index (χ0n) is 10.5. The van der Waals surface area contributed by atoms with Crippen LogP contribution < -0.4 is 0 Å². The number of carbonyl (C=O) groups is 2. The van der Waals surface area contributed by atoms with E-state index in [9.17, 15) is 14.9 Å². The largest absolute Gasteiger partial charge is 0.469 e. The van der Waals surface area contributed by atoms with Crippen LogP contribution in [0.3, 0.4) is 0 Å². The molecule has 1 amide bonds. The van der Waals surface area contributed by atoms with Crippen molar-refractivity contribution in [1.29, 1.82) is 5.26 Å². The summed E-state index contributed by atoms with van der Waals surface area (Å²) >= 11 is 11.9. The zero-order chi connectivity index (χ0) is 14.9. The third-order valence-electron chi connectivity index (χ3n) is 3.11. The lowest BCUT2D eigenvalue weighted by molar-refractivity contribution is -0.140. The van der Waals surface area contributed by atoms with Gasteiger partial charge in [0.2, 0.25) is 0 Å². The third kappa shape index (κ3) is 2.33. The first kappa shape index (κ1) is 14.6. The summed E-state index contributed by atoms with van der Waals surface area (Å²) in [5.41, 5.74) is 0.743. The molecule has 7 heteroatoms. The lowest BCUT2D eigenvalue weighted by atomic mass is 10.1. The number of hydrogen-bond donors (Lipinski definition) is 0. The lowest BCUT2D eigenvalue weighted by Crippen LogP contribution is -2.30. The quantitative estimate of drug-likeness (QED) is 0.804. The number of esters is 1. The third-order valence-corrected chi connectivity index (χ3v) is 3.92. The van der Waals surface area contributed by atoms with Gasteiger partial charge in [0, 0.05) is 12.1 Å². The van der Waals surface area contributed by atoms with E-state index in [1.165, 1.54) is 12.0 Å². The van der Waals surface area contributed by atoms with E-state index in [1.807, 2.05) is 6.07 Å². The Kier molecular flexibility index (Phi) is 4.17. The van der Waals surface area contributed by atoms with Gasteiger partial charge in [0.1, 0.15) is 6.04 Å². The monoisotopic (exact) mass is 312 g/mol. The Morgan fingerprint density at radius 2 is 2.20 bits per heavy atom. The van der Waals surface area contributed by atoms with Gasteiger partial charge in [0.25, 0.3) is 5.91 Å². The number of fused-ring (bicyclic) bond motifs is 1. The fraction of sp³-hybridized carbons (Fsp3) is 0.308. The van der Waals surface area contributed by atoms with Crippen LogP contribution in [0.4, 0.5) is 0 Å². The second-order valence-electron chi connectivity index (χ2n) is 4.18. The molecule has 0 saturated carbocycles. The van der Waals surface area contributed by atoms with Gasteiger partial charge in [-0.1, -0.05) is 29.3 Å². The Hall–Kier alpha value is -1.77. The Balaban J connectivity index is 2.35. The normalized spacial score (nSPS) is 16.8. The number of carbonyl (C=O) groups excluding carboxylic acids is 2. The summed E-state index contributed by atoms with van der Waals surface area (Å²) in [5.74, 6) is -0.850. The van der Waals surface area contributed by atoms with Crippen LogP contribution in [0.15, 0.2) is 12.1 Å². The molecule has 0 N–H and O–H groups in total. The first-order valence-corrected chi connectivity index (χ1v) is 6.52. The van der Waals surface area contributed by atoms with Crippen molar-refractivity contribution in [2.24, 2.45) is 0 Å². The fourth-order valence-electron chi connectivity index (χ4n) is 2.12. The Morgan fingerprint density at radius 3 is 2.80 bits per heavy atom. The van der Waals surface area contributed by atoms with Crippen LogP contribution in [0.5, 0.6) is 0 Å². The van der Waals surface area contributed by atoms with E-state index in [0.29, 0.717) is 5.56 Å². The maximum atomic E-state index is 12.3. The summed E-state index contributed by atoms with van der Waals surface area (Å²) in [6.07, 6.45) is 0.0137. The number of amides is 1. The van der Waals surface area contributed by atoms with Crippen molar-refractivity contribution in [2.45, 2.75) is 12.5 Å². The van der Waals surface area contributed by atoms with Crippen LogP contribution in [0.2, 0.25) is 10.0 Å². The predicted octanol–water partition coefficient (Wildman–Crippen LogP) is 2.58. The number of rotatable bonds is 3. The summed E-state index contributed by atoms with van der Waals surface area (Å²) in [7, 11) is 1.27. The van der Waals surface area contributed by atoms with Crippen molar-refractivity contribution < 1.29 is 14.3 Å². The highest BCUT2D eigenvalue weighted by molar-refractivity contribution is 6.44. The molecule has 1 aromatic rings. The van der Waals surface area contributed by atoms with Crippen LogP contribution in [0.25, 0.3) is 0 Å². The molecule has 2 rings (SSSR count). The number of nitrogens with zero attached hydrogens (tertiary/aromatic N) is 2. The second kappa shape index (κ2) is 5.70. The van der Waals surface area contributed by atoms with E-state index in [4.69, 9.17) is 23.2 Å². The number of ether oxygens (including phenoxy) is 1. The highest BCUT2D eigenvalue weighted by Gasteiger charge is 2.39. The first-order valence-electron chi connectivity index (χ1n) is 5.76. The maximum absolute atomic E-state index is 12.3. The topological polar surface area (TPSA) is 70.4 Å². The molecular weight excluding hydrogens is 303 g/mol. The molecule has 0 fully saturated rings. The van der Waals surface area contributed by atoms with E-state index in [0.717, 1.165) is 0 Å². The van der Waals surface area contributed by atoms with E-state index >= 15 is 0 Å². The predicted molar refractivity (Wildman–Crippen MR) is 72.5 cm³/mol. The maximum Gasteiger partial charge on any atom is 0.307 e. The van der Waals surface area contributed by atoms with Crippen LogP contribution >= 0.6 is 23.2 Å². The molecule has 1 aliphatic heterocycles. The van der Waals surface area contributed by atoms with Crippen molar-refractivity contribution in [3.63, 3.8) is 0 Å². The van der Waals surface area contributed by atoms with Gasteiger partial charge < -0.3 is 9.64 Å². The molecule has 0 saturated heterocycles. The second-order valence-corrected chi connectivity index (χ2v) is 4.97. The molecule has 1 aliphatic rings. The lowest BCUT2D eigenvalue weighted by Gasteiger charge is -2.19. The van der Waals surface area contributed by atoms with Crippen molar-refractivity contribution in [1.82, 2.24) is 4.90 Å². The molecule has 1 aromatic carbocycles. The molecule has 0 spiro atoms. The van der Waals surface area contributed by atoms with Crippen molar-refractivity contribution >= 4 is 35.1 Å². The van der Waals surface area contributed by atoms with Crippen LogP contribution in [-0.2, 0) is 9.53 Å². The van der Waals surface area contributed by atoms with Gasteiger partial charge in [-0.2, -0.15) is 5.26 Å². The minimum absolute atomic E-state index is 0.0137. The van der Waals surface area contributed by atoms with Gasteiger partial charge in [-0.25, -0.2) is 0 Å². The Bertz CT molecular complexity index is 625. The number of nitriles is 1. The molecule has 0 radical (unpaired) electrons. The van der Waals surface area contributed by atoms with E-state index in [1.54, 1.807) is 12.1 Å². The molecule has 0 aromatic heterocycles. The average molecular weight is 313 g/mol. The number of halogens is 2. The van der Waals surface area contributed by atoms with Crippen LogP contribution in [0.1, 0.15) is 28.4 Å². The van der Waals surface area contributed by atoms with E-state index in [2.05, 4.69) is 4.74 Å². The minimum Gasteiger partial charge on any atom is -0.469 e. The van der Waals surface area contributed by atoms with Gasteiger partial charge in [-0.05, 0) is 6.07 Å². The van der Waals surface area contributed by atoms with Crippen molar-refractivity contribution in [3.8, 4) is 6.07 Å². The molecule has 1 atom stereocenters. The Labute approximate surface area is 125 Å². The van der Waals surface area contributed by atoms with Crippen molar-refractivity contribution in [3.05, 3.63) is 33.3 Å². The number of methoxy groups -OCH3 is 1. The van der Waals surface area contributed by atoms with Crippen LogP contribution in [-0.4, -0.2) is 30.4 Å². The summed E-state index contributed by atoms with van der Waals surface area (Å²) in [6, 6.07) is 4.42.